The highest BCUT2D eigenvalue weighted by molar-refractivity contribution is 14.1. The maximum Gasteiger partial charge on any atom is 0.270 e. The van der Waals surface area contributed by atoms with Crippen molar-refractivity contribution in [1.82, 2.24) is 15.5 Å². The van der Waals surface area contributed by atoms with Crippen LogP contribution in [0.2, 0.25) is 0 Å². The Kier molecular flexibility index (Phi) is 5.62. The molecule has 0 spiro atoms. The summed E-state index contributed by atoms with van der Waals surface area (Å²) < 4.78 is 5.99. The van der Waals surface area contributed by atoms with Gasteiger partial charge in [-0.1, -0.05) is 0 Å². The van der Waals surface area contributed by atoms with E-state index in [9.17, 15) is 4.79 Å². The molecule has 1 heterocycles. The van der Waals surface area contributed by atoms with Crippen LogP contribution < -0.4 is 5.32 Å². The van der Waals surface area contributed by atoms with Gasteiger partial charge in [0, 0.05) is 19.8 Å². The predicted octanol–water partition coefficient (Wildman–Crippen LogP) is 1.17. The van der Waals surface area contributed by atoms with Gasteiger partial charge in [-0.15, -0.1) is 0 Å². The number of ether oxygens (including phenoxy) is 1. The first-order valence-electron chi connectivity index (χ1n) is 4.80. The van der Waals surface area contributed by atoms with Crippen LogP contribution >= 0.6 is 22.6 Å². The minimum absolute atomic E-state index is 0.117. The number of carbonyl (C=O) groups excluding carboxylic acids is 1. The van der Waals surface area contributed by atoms with Gasteiger partial charge in [-0.25, -0.2) is 0 Å². The second kappa shape index (κ2) is 6.78. The summed E-state index contributed by atoms with van der Waals surface area (Å²) >= 11 is 2.07. The minimum Gasteiger partial charge on any atom is -0.382 e. The number of halogens is 1. The van der Waals surface area contributed by atoms with Gasteiger partial charge in [0.2, 0.25) is 0 Å². The van der Waals surface area contributed by atoms with Crippen LogP contribution in [0, 0.1) is 3.57 Å². The Morgan fingerprint density at radius 2 is 2.53 bits per heavy atom. The number of carbonyl (C=O) groups is 1. The summed E-state index contributed by atoms with van der Waals surface area (Å²) in [7, 11) is 0. The van der Waals surface area contributed by atoms with E-state index in [1.165, 1.54) is 0 Å². The van der Waals surface area contributed by atoms with Crippen molar-refractivity contribution in [3.63, 3.8) is 0 Å². The Bertz CT molecular complexity index is 314. The fourth-order valence-electron chi connectivity index (χ4n) is 1.04. The van der Waals surface area contributed by atoms with Gasteiger partial charge in [0.25, 0.3) is 5.91 Å². The molecule has 0 saturated carbocycles. The molecule has 1 aromatic rings. The summed E-state index contributed by atoms with van der Waals surface area (Å²) in [4.78, 5) is 11.5. The molecule has 2 N–H and O–H groups in total. The van der Waals surface area contributed by atoms with Crippen LogP contribution in [-0.4, -0.2) is 35.9 Å². The van der Waals surface area contributed by atoms with Gasteiger partial charge >= 0.3 is 0 Å². The topological polar surface area (TPSA) is 67.0 Å². The Labute approximate surface area is 102 Å². The van der Waals surface area contributed by atoms with Crippen LogP contribution in [0.1, 0.15) is 23.8 Å². The van der Waals surface area contributed by atoms with E-state index in [0.29, 0.717) is 25.5 Å². The largest absolute Gasteiger partial charge is 0.382 e. The fraction of sp³-hybridized carbons (Fsp3) is 0.556. The highest BCUT2D eigenvalue weighted by Gasteiger charge is 2.10. The molecule has 1 aromatic heterocycles. The van der Waals surface area contributed by atoms with Crippen LogP contribution in [0.15, 0.2) is 6.20 Å². The number of hydrogen-bond donors (Lipinski definition) is 2. The van der Waals surface area contributed by atoms with Crippen LogP contribution in [0.4, 0.5) is 0 Å². The van der Waals surface area contributed by atoms with Gasteiger partial charge in [-0.2, -0.15) is 5.10 Å². The van der Waals surface area contributed by atoms with Crippen molar-refractivity contribution >= 4 is 28.5 Å². The maximum atomic E-state index is 11.5. The molecule has 0 unspecified atom stereocenters. The van der Waals surface area contributed by atoms with Crippen molar-refractivity contribution in [2.24, 2.45) is 0 Å². The summed E-state index contributed by atoms with van der Waals surface area (Å²) in [5.74, 6) is -0.117. The second-order valence-corrected chi connectivity index (χ2v) is 4.06. The van der Waals surface area contributed by atoms with Crippen molar-refractivity contribution in [1.29, 1.82) is 0 Å². The first-order chi connectivity index (χ1) is 7.25. The molecule has 0 aromatic carbocycles. The highest BCUT2D eigenvalue weighted by atomic mass is 127. The third-order valence-corrected chi connectivity index (χ3v) is 2.59. The number of amides is 1. The van der Waals surface area contributed by atoms with Gasteiger partial charge < -0.3 is 10.1 Å². The lowest BCUT2D eigenvalue weighted by molar-refractivity contribution is 0.0938. The summed E-state index contributed by atoms with van der Waals surface area (Å²) in [6, 6.07) is 0. The highest BCUT2D eigenvalue weighted by Crippen LogP contribution is 2.06. The molecular weight excluding hydrogens is 309 g/mol. The summed E-state index contributed by atoms with van der Waals surface area (Å²) in [5.41, 5.74) is 0.520. The Balaban J connectivity index is 2.22. The fourth-order valence-corrected chi connectivity index (χ4v) is 1.54. The van der Waals surface area contributed by atoms with Crippen molar-refractivity contribution in [3.05, 3.63) is 15.5 Å². The SMILES string of the molecule is CCOCCCNC(=O)c1[nH]ncc1I. The molecule has 0 saturated heterocycles. The first kappa shape index (κ1) is 12.4. The van der Waals surface area contributed by atoms with Gasteiger partial charge in [0.1, 0.15) is 5.69 Å². The number of aromatic nitrogens is 2. The number of H-pyrrole nitrogens is 1. The smallest absolute Gasteiger partial charge is 0.270 e. The molecule has 0 fully saturated rings. The molecule has 0 atom stereocenters. The molecule has 84 valence electrons. The van der Waals surface area contributed by atoms with Crippen molar-refractivity contribution in [2.45, 2.75) is 13.3 Å². The summed E-state index contributed by atoms with van der Waals surface area (Å²) in [6.45, 7) is 3.96. The van der Waals surface area contributed by atoms with Crippen LogP contribution in [-0.2, 0) is 4.74 Å². The lowest BCUT2D eigenvalue weighted by atomic mass is 10.4. The molecule has 0 radical (unpaired) electrons. The molecule has 0 aliphatic heterocycles. The first-order valence-corrected chi connectivity index (χ1v) is 5.88. The van der Waals surface area contributed by atoms with Crippen LogP contribution in [0.25, 0.3) is 0 Å². The molecule has 0 aliphatic carbocycles. The standard InChI is InChI=1S/C9H14IN3O2/c1-2-15-5-3-4-11-9(14)8-7(10)6-12-13-8/h6H,2-5H2,1H3,(H,11,14)(H,12,13). The van der Waals surface area contributed by atoms with E-state index in [4.69, 9.17) is 4.74 Å². The van der Waals surface area contributed by atoms with Crippen molar-refractivity contribution < 1.29 is 9.53 Å². The van der Waals surface area contributed by atoms with E-state index in [-0.39, 0.29) is 5.91 Å². The molecule has 15 heavy (non-hydrogen) atoms. The molecule has 1 rings (SSSR count). The molecule has 0 bridgehead atoms. The lowest BCUT2D eigenvalue weighted by Crippen LogP contribution is -2.26. The quantitative estimate of drug-likeness (QED) is 0.610. The zero-order valence-electron chi connectivity index (χ0n) is 8.55. The Morgan fingerprint density at radius 3 is 3.13 bits per heavy atom. The third-order valence-electron chi connectivity index (χ3n) is 1.78. The zero-order chi connectivity index (χ0) is 11.1. The van der Waals surface area contributed by atoms with Gasteiger partial charge in [-0.3, -0.25) is 9.89 Å². The Hall–Kier alpha value is -0.630. The number of aromatic amines is 1. The normalized spacial score (nSPS) is 10.3. The van der Waals surface area contributed by atoms with Gasteiger partial charge in [0.05, 0.1) is 9.77 Å². The van der Waals surface area contributed by atoms with E-state index < -0.39 is 0 Å². The molecule has 6 heteroatoms. The number of rotatable bonds is 6. The van der Waals surface area contributed by atoms with Gasteiger partial charge in [-0.05, 0) is 35.9 Å². The summed E-state index contributed by atoms with van der Waals surface area (Å²) in [6.07, 6.45) is 2.44. The third kappa shape index (κ3) is 4.17. The van der Waals surface area contributed by atoms with Crippen molar-refractivity contribution in [2.75, 3.05) is 19.8 Å². The monoisotopic (exact) mass is 323 g/mol. The lowest BCUT2D eigenvalue weighted by Gasteiger charge is -2.03. The zero-order valence-corrected chi connectivity index (χ0v) is 10.7. The molecule has 0 aliphatic rings. The van der Waals surface area contributed by atoms with Gasteiger partial charge in [0.15, 0.2) is 0 Å². The van der Waals surface area contributed by atoms with Crippen LogP contribution in [0.3, 0.4) is 0 Å². The van der Waals surface area contributed by atoms with E-state index in [1.807, 2.05) is 6.92 Å². The maximum absolute atomic E-state index is 11.5. The molecule has 1 amide bonds. The van der Waals surface area contributed by atoms with Crippen LogP contribution in [0.5, 0.6) is 0 Å². The average Bonchev–Trinajstić information content (AvgIpc) is 2.64. The van der Waals surface area contributed by atoms with Crippen molar-refractivity contribution in [3.8, 4) is 0 Å². The minimum atomic E-state index is -0.117. The van der Waals surface area contributed by atoms with E-state index >= 15 is 0 Å². The van der Waals surface area contributed by atoms with E-state index in [2.05, 4.69) is 38.1 Å². The second-order valence-electron chi connectivity index (χ2n) is 2.90. The Morgan fingerprint density at radius 1 is 1.73 bits per heavy atom. The number of hydrogen-bond acceptors (Lipinski definition) is 3. The number of nitrogens with one attached hydrogen (secondary N) is 2. The number of nitrogens with zero attached hydrogens (tertiary/aromatic N) is 1. The van der Waals surface area contributed by atoms with E-state index in [1.54, 1.807) is 6.20 Å². The predicted molar refractivity (Wildman–Crippen MR) is 64.7 cm³/mol. The summed E-state index contributed by atoms with van der Waals surface area (Å²) in [5, 5.41) is 9.23. The average molecular weight is 323 g/mol. The molecular formula is C9H14IN3O2. The van der Waals surface area contributed by atoms with E-state index in [0.717, 1.165) is 9.99 Å². The molecule has 5 nitrogen and oxygen atoms in total.